The molecular weight excluding hydrogens is 428 g/mol. The third kappa shape index (κ3) is 5.59. The molecule has 0 saturated heterocycles. The summed E-state index contributed by atoms with van der Waals surface area (Å²) in [5.41, 5.74) is 5.75. The molecule has 7 nitrogen and oxygen atoms in total. The highest BCUT2D eigenvalue weighted by molar-refractivity contribution is 5.94. The molecule has 0 unspecified atom stereocenters. The Balaban J connectivity index is 1.78. The number of nitrogens with zero attached hydrogens (tertiary/aromatic N) is 4. The average Bonchev–Trinajstić information content (AvgIpc) is 3.15. The van der Waals surface area contributed by atoms with Crippen molar-refractivity contribution in [2.24, 2.45) is 0 Å². The number of hydrogen-bond acceptors (Lipinski definition) is 5. The number of rotatable bonds is 9. The van der Waals surface area contributed by atoms with E-state index in [-0.39, 0.29) is 11.9 Å². The van der Waals surface area contributed by atoms with Crippen molar-refractivity contribution in [3.63, 3.8) is 0 Å². The van der Waals surface area contributed by atoms with Crippen molar-refractivity contribution in [2.75, 3.05) is 13.7 Å². The minimum absolute atomic E-state index is 0.108. The fraction of sp³-hybridized carbons (Fsp3) is 0.259. The molecule has 0 spiro atoms. The fourth-order valence-electron chi connectivity index (χ4n) is 3.83. The molecule has 0 fully saturated rings. The molecule has 0 radical (unpaired) electrons. The minimum Gasteiger partial charge on any atom is -0.469 e. The molecule has 0 aliphatic carbocycles. The average molecular weight is 457 g/mol. The Hall–Kier alpha value is -4.18. The summed E-state index contributed by atoms with van der Waals surface area (Å²) in [6, 6.07) is 16.6. The second-order valence-electron chi connectivity index (χ2n) is 7.97. The number of benzene rings is 2. The molecule has 0 aliphatic rings. The normalized spacial score (nSPS) is 10.4. The molecule has 3 aromatic rings. The van der Waals surface area contributed by atoms with E-state index in [2.05, 4.69) is 17.7 Å². The van der Waals surface area contributed by atoms with Gasteiger partial charge >= 0.3 is 5.97 Å². The van der Waals surface area contributed by atoms with Gasteiger partial charge in [0.1, 0.15) is 0 Å². The van der Waals surface area contributed by atoms with Crippen molar-refractivity contribution in [2.45, 2.75) is 33.2 Å². The third-order valence-corrected chi connectivity index (χ3v) is 5.70. The molecular formula is C27H28N4O3. The Morgan fingerprint density at radius 2 is 1.82 bits per heavy atom. The standard InChI is InChI=1S/C27H28N4O3/c1-5-16-30(18-22-8-6-21(17-28)7-9-22)27(33)23-10-12-24(13-11-23)31-20(3)25(19(2)29-31)14-15-26(32)34-4/h5-13H,1,14-16,18H2,2-4H3. The van der Waals surface area contributed by atoms with Crippen LogP contribution in [0.3, 0.4) is 0 Å². The highest BCUT2D eigenvalue weighted by Crippen LogP contribution is 2.21. The topological polar surface area (TPSA) is 88.2 Å². The molecule has 0 bridgehead atoms. The Kier molecular flexibility index (Phi) is 7.99. The summed E-state index contributed by atoms with van der Waals surface area (Å²) >= 11 is 0. The van der Waals surface area contributed by atoms with Gasteiger partial charge in [0.15, 0.2) is 0 Å². The van der Waals surface area contributed by atoms with E-state index in [4.69, 9.17) is 10.00 Å². The van der Waals surface area contributed by atoms with Gasteiger partial charge in [0, 0.05) is 30.8 Å². The van der Waals surface area contributed by atoms with Gasteiger partial charge in [-0.25, -0.2) is 4.68 Å². The van der Waals surface area contributed by atoms with Crippen LogP contribution in [0.15, 0.2) is 61.2 Å². The van der Waals surface area contributed by atoms with Gasteiger partial charge in [-0.2, -0.15) is 10.4 Å². The largest absolute Gasteiger partial charge is 0.469 e. The Morgan fingerprint density at radius 3 is 2.41 bits per heavy atom. The Labute approximate surface area is 199 Å². The number of methoxy groups -OCH3 is 1. The number of hydrogen-bond donors (Lipinski definition) is 0. The van der Waals surface area contributed by atoms with E-state index in [9.17, 15) is 9.59 Å². The van der Waals surface area contributed by atoms with Crippen LogP contribution in [0.2, 0.25) is 0 Å². The van der Waals surface area contributed by atoms with E-state index in [1.54, 1.807) is 35.2 Å². The van der Waals surface area contributed by atoms with Crippen molar-refractivity contribution in [3.05, 3.63) is 94.8 Å². The maximum Gasteiger partial charge on any atom is 0.305 e. The number of ether oxygens (including phenoxy) is 1. The van der Waals surface area contributed by atoms with E-state index >= 15 is 0 Å². The molecule has 7 heteroatoms. The molecule has 0 N–H and O–H groups in total. The molecule has 0 aliphatic heterocycles. The van der Waals surface area contributed by atoms with Gasteiger partial charge in [-0.1, -0.05) is 18.2 Å². The van der Waals surface area contributed by atoms with E-state index in [1.807, 2.05) is 42.8 Å². The maximum absolute atomic E-state index is 13.2. The Morgan fingerprint density at radius 1 is 1.15 bits per heavy atom. The van der Waals surface area contributed by atoms with E-state index in [0.29, 0.717) is 37.1 Å². The van der Waals surface area contributed by atoms with Gasteiger partial charge < -0.3 is 9.64 Å². The quantitative estimate of drug-likeness (QED) is 0.354. The number of esters is 1. The van der Waals surface area contributed by atoms with E-state index in [1.165, 1.54) is 7.11 Å². The zero-order valence-corrected chi connectivity index (χ0v) is 19.7. The van der Waals surface area contributed by atoms with Gasteiger partial charge in [0.05, 0.1) is 30.1 Å². The molecule has 34 heavy (non-hydrogen) atoms. The first-order valence-electron chi connectivity index (χ1n) is 11.0. The number of carbonyl (C=O) groups is 2. The fourth-order valence-corrected chi connectivity index (χ4v) is 3.83. The summed E-state index contributed by atoms with van der Waals surface area (Å²) < 4.78 is 6.57. The number of carbonyl (C=O) groups excluding carboxylic acids is 2. The smallest absolute Gasteiger partial charge is 0.305 e. The summed E-state index contributed by atoms with van der Waals surface area (Å²) in [4.78, 5) is 26.4. The molecule has 1 heterocycles. The van der Waals surface area contributed by atoms with Crippen LogP contribution in [-0.2, 0) is 22.5 Å². The second-order valence-corrected chi connectivity index (χ2v) is 7.97. The predicted molar refractivity (Wildman–Crippen MR) is 129 cm³/mol. The molecule has 0 atom stereocenters. The monoisotopic (exact) mass is 456 g/mol. The lowest BCUT2D eigenvalue weighted by atomic mass is 10.1. The maximum atomic E-state index is 13.2. The zero-order chi connectivity index (χ0) is 24.7. The Bertz CT molecular complexity index is 1220. The number of nitriles is 1. The van der Waals surface area contributed by atoms with Crippen molar-refractivity contribution in [1.82, 2.24) is 14.7 Å². The van der Waals surface area contributed by atoms with Gasteiger partial charge in [-0.05, 0) is 67.8 Å². The van der Waals surface area contributed by atoms with Gasteiger partial charge in [0.2, 0.25) is 0 Å². The van der Waals surface area contributed by atoms with Crippen LogP contribution in [0.25, 0.3) is 5.69 Å². The summed E-state index contributed by atoms with van der Waals surface area (Å²) in [5, 5.41) is 13.6. The van der Waals surface area contributed by atoms with Crippen LogP contribution in [-0.4, -0.2) is 40.2 Å². The van der Waals surface area contributed by atoms with Gasteiger partial charge in [0.25, 0.3) is 5.91 Å². The lowest BCUT2D eigenvalue weighted by Crippen LogP contribution is -2.30. The molecule has 1 amide bonds. The van der Waals surface area contributed by atoms with E-state index in [0.717, 1.165) is 28.2 Å². The van der Waals surface area contributed by atoms with Crippen LogP contribution in [0.4, 0.5) is 0 Å². The lowest BCUT2D eigenvalue weighted by Gasteiger charge is -2.21. The van der Waals surface area contributed by atoms with Crippen LogP contribution >= 0.6 is 0 Å². The summed E-state index contributed by atoms with van der Waals surface area (Å²) in [5.74, 6) is -0.359. The van der Waals surface area contributed by atoms with Crippen molar-refractivity contribution in [3.8, 4) is 11.8 Å². The van der Waals surface area contributed by atoms with Crippen molar-refractivity contribution in [1.29, 1.82) is 5.26 Å². The first kappa shape index (κ1) is 24.5. The first-order chi connectivity index (χ1) is 16.4. The first-order valence-corrected chi connectivity index (χ1v) is 11.0. The SMILES string of the molecule is C=CCN(Cc1ccc(C#N)cc1)C(=O)c1ccc(-n2nc(C)c(CCC(=O)OC)c2C)cc1. The van der Waals surface area contributed by atoms with Crippen LogP contribution in [0.5, 0.6) is 0 Å². The third-order valence-electron chi connectivity index (χ3n) is 5.70. The van der Waals surface area contributed by atoms with Crippen molar-refractivity contribution >= 4 is 11.9 Å². The molecule has 174 valence electrons. The highest BCUT2D eigenvalue weighted by atomic mass is 16.5. The minimum atomic E-state index is -0.250. The summed E-state index contributed by atoms with van der Waals surface area (Å²) in [7, 11) is 1.38. The molecule has 2 aromatic carbocycles. The van der Waals surface area contributed by atoms with Crippen molar-refractivity contribution < 1.29 is 14.3 Å². The molecule has 1 aromatic heterocycles. The molecule has 3 rings (SSSR count). The van der Waals surface area contributed by atoms with Crippen LogP contribution < -0.4 is 0 Å². The predicted octanol–water partition coefficient (Wildman–Crippen LogP) is 4.29. The highest BCUT2D eigenvalue weighted by Gasteiger charge is 2.17. The van der Waals surface area contributed by atoms with E-state index < -0.39 is 0 Å². The summed E-state index contributed by atoms with van der Waals surface area (Å²) in [6.07, 6.45) is 2.56. The van der Waals surface area contributed by atoms with Crippen LogP contribution in [0, 0.1) is 25.2 Å². The number of aromatic nitrogens is 2. The van der Waals surface area contributed by atoms with Crippen LogP contribution in [0.1, 0.15) is 44.9 Å². The van der Waals surface area contributed by atoms with Gasteiger partial charge in [-0.15, -0.1) is 6.58 Å². The summed E-state index contributed by atoms with van der Waals surface area (Å²) in [6.45, 7) is 8.48. The van der Waals surface area contributed by atoms with Gasteiger partial charge in [-0.3, -0.25) is 9.59 Å². The number of aryl methyl sites for hydroxylation is 1. The second kappa shape index (κ2) is 11.1. The lowest BCUT2D eigenvalue weighted by molar-refractivity contribution is -0.140. The zero-order valence-electron chi connectivity index (χ0n) is 19.7. The number of amides is 1. The molecule has 0 saturated carbocycles.